The second kappa shape index (κ2) is 5.64. The van der Waals surface area contributed by atoms with Crippen LogP contribution in [0.25, 0.3) is 0 Å². The van der Waals surface area contributed by atoms with Crippen LogP contribution in [0.5, 0.6) is 0 Å². The quantitative estimate of drug-likeness (QED) is 0.724. The lowest BCUT2D eigenvalue weighted by Gasteiger charge is -2.10. The predicted octanol–water partition coefficient (Wildman–Crippen LogP) is 1.88. The average Bonchev–Trinajstić information content (AvgIpc) is 2.76. The highest BCUT2D eigenvalue weighted by Crippen LogP contribution is 2.20. The molecule has 0 atom stereocenters. The van der Waals surface area contributed by atoms with Gasteiger partial charge in [-0.1, -0.05) is 6.92 Å². The highest BCUT2D eigenvalue weighted by Gasteiger charge is 2.11. The Morgan fingerprint density at radius 2 is 2.25 bits per heavy atom. The van der Waals surface area contributed by atoms with E-state index in [4.69, 9.17) is 10.8 Å². The van der Waals surface area contributed by atoms with Gasteiger partial charge >= 0.3 is 5.97 Å². The molecule has 0 fully saturated rings. The molecule has 1 aromatic heterocycles. The molecule has 1 aromatic carbocycles. The van der Waals surface area contributed by atoms with Crippen molar-refractivity contribution in [1.29, 1.82) is 0 Å². The van der Waals surface area contributed by atoms with E-state index in [0.717, 1.165) is 17.7 Å². The summed E-state index contributed by atoms with van der Waals surface area (Å²) in [5, 5.41) is 16.6. The van der Waals surface area contributed by atoms with Gasteiger partial charge in [-0.05, 0) is 24.6 Å². The molecule has 6 heteroatoms. The molecular formula is C14H18N4O2. The van der Waals surface area contributed by atoms with Gasteiger partial charge in [-0.25, -0.2) is 4.79 Å². The number of nitrogens with one attached hydrogen (secondary N) is 1. The molecule has 0 bridgehead atoms. The van der Waals surface area contributed by atoms with Crippen molar-refractivity contribution < 1.29 is 9.90 Å². The molecule has 0 saturated heterocycles. The Hall–Kier alpha value is -2.50. The molecule has 106 valence electrons. The summed E-state index contributed by atoms with van der Waals surface area (Å²) in [6.07, 6.45) is 2.76. The van der Waals surface area contributed by atoms with Gasteiger partial charge in [0.2, 0.25) is 0 Å². The summed E-state index contributed by atoms with van der Waals surface area (Å²) in [6.45, 7) is 2.55. The Morgan fingerprint density at radius 3 is 2.90 bits per heavy atom. The topological polar surface area (TPSA) is 93.2 Å². The number of carboxylic acids is 1. The monoisotopic (exact) mass is 274 g/mol. The number of nitrogens with zero attached hydrogens (tertiary/aromatic N) is 2. The zero-order valence-corrected chi connectivity index (χ0v) is 11.6. The first-order valence-electron chi connectivity index (χ1n) is 6.39. The SMILES string of the molecule is CCc1nn(C)cc1CNc1cc(N)ccc1C(=O)O. The van der Waals surface area contributed by atoms with Gasteiger partial charge in [-0.2, -0.15) is 5.10 Å². The summed E-state index contributed by atoms with van der Waals surface area (Å²) in [5.41, 5.74) is 9.01. The lowest BCUT2D eigenvalue weighted by Crippen LogP contribution is -2.07. The third kappa shape index (κ3) is 2.90. The number of hydrogen-bond donors (Lipinski definition) is 3. The Kier molecular flexibility index (Phi) is 3.93. The summed E-state index contributed by atoms with van der Waals surface area (Å²) in [5.74, 6) is -0.977. The molecular weight excluding hydrogens is 256 g/mol. The van der Waals surface area contributed by atoms with Crippen LogP contribution in [0.1, 0.15) is 28.5 Å². The van der Waals surface area contributed by atoms with Crippen molar-refractivity contribution >= 4 is 17.3 Å². The second-order valence-corrected chi connectivity index (χ2v) is 4.59. The smallest absolute Gasteiger partial charge is 0.337 e. The van der Waals surface area contributed by atoms with Gasteiger partial charge in [0.25, 0.3) is 0 Å². The number of nitrogen functional groups attached to an aromatic ring is 1. The van der Waals surface area contributed by atoms with Crippen molar-refractivity contribution in [2.45, 2.75) is 19.9 Å². The summed E-state index contributed by atoms with van der Waals surface area (Å²) >= 11 is 0. The molecule has 4 N–H and O–H groups in total. The lowest BCUT2D eigenvalue weighted by atomic mass is 10.1. The molecule has 0 aliphatic rings. The highest BCUT2D eigenvalue weighted by atomic mass is 16.4. The molecule has 0 amide bonds. The number of hydrogen-bond acceptors (Lipinski definition) is 4. The zero-order valence-electron chi connectivity index (χ0n) is 11.6. The van der Waals surface area contributed by atoms with E-state index in [1.165, 1.54) is 6.07 Å². The zero-order chi connectivity index (χ0) is 14.7. The van der Waals surface area contributed by atoms with Crippen molar-refractivity contribution in [2.75, 3.05) is 11.1 Å². The number of anilines is 2. The molecule has 2 rings (SSSR count). The summed E-state index contributed by atoms with van der Waals surface area (Å²) < 4.78 is 1.76. The second-order valence-electron chi connectivity index (χ2n) is 4.59. The van der Waals surface area contributed by atoms with Crippen molar-refractivity contribution in [3.63, 3.8) is 0 Å². The van der Waals surface area contributed by atoms with Crippen LogP contribution in [-0.4, -0.2) is 20.9 Å². The number of aryl methyl sites for hydroxylation is 2. The van der Waals surface area contributed by atoms with E-state index in [2.05, 4.69) is 10.4 Å². The number of carboxylic acid groups (broad SMARTS) is 1. The minimum Gasteiger partial charge on any atom is -0.478 e. The van der Waals surface area contributed by atoms with Crippen LogP contribution >= 0.6 is 0 Å². The molecule has 0 spiro atoms. The van der Waals surface area contributed by atoms with Gasteiger partial charge in [-0.3, -0.25) is 4.68 Å². The number of benzene rings is 1. The molecule has 20 heavy (non-hydrogen) atoms. The van der Waals surface area contributed by atoms with Crippen LogP contribution in [0, 0.1) is 0 Å². The molecule has 2 aromatic rings. The van der Waals surface area contributed by atoms with E-state index in [1.807, 2.05) is 20.2 Å². The van der Waals surface area contributed by atoms with Gasteiger partial charge in [0.1, 0.15) is 0 Å². The van der Waals surface area contributed by atoms with Gasteiger partial charge < -0.3 is 16.2 Å². The molecule has 0 radical (unpaired) electrons. The summed E-state index contributed by atoms with van der Waals surface area (Å²) in [7, 11) is 1.87. The summed E-state index contributed by atoms with van der Waals surface area (Å²) in [6, 6.07) is 4.71. The molecule has 0 saturated carbocycles. The fourth-order valence-electron chi connectivity index (χ4n) is 2.11. The first kappa shape index (κ1) is 13.9. The Labute approximate surface area is 117 Å². The van der Waals surface area contributed by atoms with Crippen molar-refractivity contribution in [3.05, 3.63) is 41.2 Å². The maximum atomic E-state index is 11.2. The minimum absolute atomic E-state index is 0.209. The lowest BCUT2D eigenvalue weighted by molar-refractivity contribution is 0.0698. The third-order valence-electron chi connectivity index (χ3n) is 3.07. The van der Waals surface area contributed by atoms with Crippen LogP contribution < -0.4 is 11.1 Å². The molecule has 0 aliphatic heterocycles. The highest BCUT2D eigenvalue weighted by molar-refractivity contribution is 5.95. The number of aromatic carboxylic acids is 1. The fourth-order valence-corrected chi connectivity index (χ4v) is 2.11. The molecule has 0 aliphatic carbocycles. The largest absolute Gasteiger partial charge is 0.478 e. The predicted molar refractivity (Wildman–Crippen MR) is 77.7 cm³/mol. The third-order valence-corrected chi connectivity index (χ3v) is 3.07. The van der Waals surface area contributed by atoms with Gasteiger partial charge in [0, 0.05) is 31.0 Å². The van der Waals surface area contributed by atoms with Crippen molar-refractivity contribution in [2.24, 2.45) is 7.05 Å². The van der Waals surface area contributed by atoms with E-state index in [1.54, 1.807) is 16.8 Å². The fraction of sp³-hybridized carbons (Fsp3) is 0.286. The maximum Gasteiger partial charge on any atom is 0.337 e. The van der Waals surface area contributed by atoms with E-state index in [0.29, 0.717) is 17.9 Å². The van der Waals surface area contributed by atoms with E-state index < -0.39 is 5.97 Å². The first-order chi connectivity index (χ1) is 9.51. The van der Waals surface area contributed by atoms with Crippen LogP contribution in [0.4, 0.5) is 11.4 Å². The number of aromatic nitrogens is 2. The Balaban J connectivity index is 2.22. The van der Waals surface area contributed by atoms with Crippen molar-refractivity contribution in [1.82, 2.24) is 9.78 Å². The standard InChI is InChI=1S/C14H18N4O2/c1-3-12-9(8-18(2)17-12)7-16-13-6-10(15)4-5-11(13)14(19)20/h4-6,8,16H,3,7,15H2,1-2H3,(H,19,20). The van der Waals surface area contributed by atoms with Gasteiger partial charge in [-0.15, -0.1) is 0 Å². The van der Waals surface area contributed by atoms with E-state index in [-0.39, 0.29) is 5.56 Å². The molecule has 0 unspecified atom stereocenters. The van der Waals surface area contributed by atoms with Crippen LogP contribution in [0.3, 0.4) is 0 Å². The van der Waals surface area contributed by atoms with Crippen LogP contribution in [0.2, 0.25) is 0 Å². The summed E-state index contributed by atoms with van der Waals surface area (Å²) in [4.78, 5) is 11.2. The Morgan fingerprint density at radius 1 is 1.50 bits per heavy atom. The van der Waals surface area contributed by atoms with E-state index >= 15 is 0 Å². The number of rotatable bonds is 5. The van der Waals surface area contributed by atoms with E-state index in [9.17, 15) is 4.79 Å². The maximum absolute atomic E-state index is 11.2. The van der Waals surface area contributed by atoms with Gasteiger partial charge in [0.15, 0.2) is 0 Å². The minimum atomic E-state index is -0.977. The first-order valence-corrected chi connectivity index (χ1v) is 6.39. The number of carbonyl (C=O) groups is 1. The van der Waals surface area contributed by atoms with Gasteiger partial charge in [0.05, 0.1) is 16.9 Å². The Bertz CT molecular complexity index is 634. The molecule has 1 heterocycles. The normalized spacial score (nSPS) is 10.5. The number of nitrogens with two attached hydrogens (primary N) is 1. The van der Waals surface area contributed by atoms with Crippen LogP contribution in [0.15, 0.2) is 24.4 Å². The van der Waals surface area contributed by atoms with Crippen molar-refractivity contribution in [3.8, 4) is 0 Å². The van der Waals surface area contributed by atoms with Crippen LogP contribution in [-0.2, 0) is 20.0 Å². The average molecular weight is 274 g/mol. The molecule has 6 nitrogen and oxygen atoms in total.